The molecule has 0 N–H and O–H groups in total. The van der Waals surface area contributed by atoms with Gasteiger partial charge in [-0.1, -0.05) is 36.8 Å². The minimum absolute atomic E-state index is 0.0485. The molecule has 5 heteroatoms. The van der Waals surface area contributed by atoms with Crippen LogP contribution in [0.5, 0.6) is 0 Å². The Morgan fingerprint density at radius 1 is 1.00 bits per heavy atom. The van der Waals surface area contributed by atoms with Gasteiger partial charge in [0.2, 0.25) is 0 Å². The Morgan fingerprint density at radius 2 is 1.64 bits per heavy atom. The van der Waals surface area contributed by atoms with Crippen molar-refractivity contribution in [2.24, 2.45) is 11.8 Å². The summed E-state index contributed by atoms with van der Waals surface area (Å²) in [5.74, 6) is -1.52. The number of benzene rings is 1. The van der Waals surface area contributed by atoms with E-state index in [9.17, 15) is 9.59 Å². The molecule has 4 unspecified atom stereocenters. The van der Waals surface area contributed by atoms with E-state index in [4.69, 9.17) is 9.47 Å². The number of ether oxygens (including phenoxy) is 2. The van der Waals surface area contributed by atoms with Crippen molar-refractivity contribution in [3.63, 3.8) is 0 Å². The van der Waals surface area contributed by atoms with Gasteiger partial charge in [0.15, 0.2) is 0 Å². The van der Waals surface area contributed by atoms with Crippen molar-refractivity contribution in [1.82, 2.24) is 4.90 Å². The molecule has 0 saturated carbocycles. The first-order valence-electron chi connectivity index (χ1n) is 9.33. The van der Waals surface area contributed by atoms with E-state index in [1.807, 2.05) is 30.3 Å². The highest BCUT2D eigenvalue weighted by Crippen LogP contribution is 2.49. The average Bonchev–Trinajstić information content (AvgIpc) is 2.98. The zero-order valence-electron chi connectivity index (χ0n) is 15.0. The van der Waals surface area contributed by atoms with E-state index in [1.165, 1.54) is 0 Å². The van der Waals surface area contributed by atoms with Gasteiger partial charge < -0.3 is 9.47 Å². The summed E-state index contributed by atoms with van der Waals surface area (Å²) in [4.78, 5) is 27.9. The summed E-state index contributed by atoms with van der Waals surface area (Å²) in [6.07, 6.45) is 3.09. The van der Waals surface area contributed by atoms with Crippen LogP contribution in [0.4, 0.5) is 0 Å². The monoisotopic (exact) mass is 345 g/mol. The molecule has 0 amide bonds. The number of carbonyl (C=O) groups is 2. The van der Waals surface area contributed by atoms with Gasteiger partial charge in [0.05, 0.1) is 25.0 Å². The quantitative estimate of drug-likeness (QED) is 0.768. The Morgan fingerprint density at radius 3 is 2.28 bits per heavy atom. The number of piperidine rings is 1. The standard InChI is InChI=1S/C20H27NO4/c1-3-24-19(22)16-15-12-8-9-13-21(15)18(14-10-6-5-7-11-14)17(16)20(23)25-4-2/h5-7,10-11,15-18H,3-4,8-9,12-13H2,1-2H3. The van der Waals surface area contributed by atoms with Gasteiger partial charge in [0.1, 0.15) is 0 Å². The Labute approximate surface area is 149 Å². The number of esters is 2. The third-order valence-corrected chi connectivity index (χ3v) is 5.35. The van der Waals surface area contributed by atoms with E-state index < -0.39 is 11.8 Å². The van der Waals surface area contributed by atoms with Crippen LogP contribution in [-0.4, -0.2) is 42.6 Å². The van der Waals surface area contributed by atoms with E-state index in [0.717, 1.165) is 31.4 Å². The fourth-order valence-corrected chi connectivity index (χ4v) is 4.46. The molecule has 0 spiro atoms. The zero-order valence-corrected chi connectivity index (χ0v) is 15.0. The predicted octanol–water partition coefficient (Wildman–Crippen LogP) is 2.95. The van der Waals surface area contributed by atoms with E-state index in [1.54, 1.807) is 13.8 Å². The summed E-state index contributed by atoms with van der Waals surface area (Å²) in [6.45, 7) is 5.15. The third kappa shape index (κ3) is 3.43. The number of hydrogen-bond acceptors (Lipinski definition) is 5. The van der Waals surface area contributed by atoms with E-state index in [0.29, 0.717) is 13.2 Å². The number of carbonyl (C=O) groups excluding carboxylic acids is 2. The molecular formula is C20H27NO4. The molecule has 4 atom stereocenters. The summed E-state index contributed by atoms with van der Waals surface area (Å²) in [5.41, 5.74) is 1.07. The minimum Gasteiger partial charge on any atom is -0.466 e. The summed E-state index contributed by atoms with van der Waals surface area (Å²) in [5, 5.41) is 0. The molecule has 0 bridgehead atoms. The van der Waals surface area contributed by atoms with E-state index >= 15 is 0 Å². The van der Waals surface area contributed by atoms with Crippen molar-refractivity contribution < 1.29 is 19.1 Å². The zero-order chi connectivity index (χ0) is 17.8. The molecule has 2 saturated heterocycles. The van der Waals surface area contributed by atoms with Crippen LogP contribution < -0.4 is 0 Å². The molecule has 0 aromatic heterocycles. The fourth-order valence-electron chi connectivity index (χ4n) is 4.46. The summed E-state index contributed by atoms with van der Waals surface area (Å²) in [6, 6.07) is 9.93. The van der Waals surface area contributed by atoms with Crippen LogP contribution >= 0.6 is 0 Å². The van der Waals surface area contributed by atoms with Crippen molar-refractivity contribution >= 4 is 11.9 Å². The summed E-state index contributed by atoms with van der Waals surface area (Å²) >= 11 is 0. The maximum atomic E-state index is 12.8. The fraction of sp³-hybridized carbons (Fsp3) is 0.600. The molecule has 2 fully saturated rings. The first-order chi connectivity index (χ1) is 12.2. The van der Waals surface area contributed by atoms with Gasteiger partial charge >= 0.3 is 11.9 Å². The lowest BCUT2D eigenvalue weighted by molar-refractivity contribution is -0.159. The Hall–Kier alpha value is -1.88. The normalized spacial score (nSPS) is 29.0. The van der Waals surface area contributed by atoms with Gasteiger partial charge in [-0.2, -0.15) is 0 Å². The highest BCUT2D eigenvalue weighted by atomic mass is 16.5. The first kappa shape index (κ1) is 17.9. The van der Waals surface area contributed by atoms with Gasteiger partial charge in [0, 0.05) is 12.1 Å². The van der Waals surface area contributed by atoms with E-state index in [2.05, 4.69) is 4.90 Å². The van der Waals surface area contributed by atoms with Crippen molar-refractivity contribution in [2.45, 2.75) is 45.2 Å². The number of fused-ring (bicyclic) bond motifs is 1. The lowest BCUT2D eigenvalue weighted by Crippen LogP contribution is -2.40. The molecule has 0 radical (unpaired) electrons. The molecule has 2 aliphatic heterocycles. The number of hydrogen-bond donors (Lipinski definition) is 0. The molecule has 25 heavy (non-hydrogen) atoms. The molecular weight excluding hydrogens is 318 g/mol. The lowest BCUT2D eigenvalue weighted by Gasteiger charge is -2.35. The highest BCUT2D eigenvalue weighted by Gasteiger charge is 2.57. The van der Waals surface area contributed by atoms with Gasteiger partial charge in [-0.3, -0.25) is 14.5 Å². The van der Waals surface area contributed by atoms with Crippen molar-refractivity contribution in [1.29, 1.82) is 0 Å². The van der Waals surface area contributed by atoms with Crippen LogP contribution in [-0.2, 0) is 19.1 Å². The summed E-state index contributed by atoms with van der Waals surface area (Å²) < 4.78 is 10.7. The van der Waals surface area contributed by atoms with Crippen LogP contribution in [0.3, 0.4) is 0 Å². The SMILES string of the molecule is CCOC(=O)C1C(C(=O)OCC)C(c2ccccc2)N2CCCCC12. The van der Waals surface area contributed by atoms with Crippen LogP contribution in [0, 0.1) is 11.8 Å². The van der Waals surface area contributed by atoms with Crippen molar-refractivity contribution in [2.75, 3.05) is 19.8 Å². The Kier molecular flexibility index (Phi) is 5.74. The van der Waals surface area contributed by atoms with Crippen LogP contribution in [0.15, 0.2) is 30.3 Å². The Balaban J connectivity index is 2.03. The molecule has 2 heterocycles. The smallest absolute Gasteiger partial charge is 0.311 e. The molecule has 2 aliphatic rings. The molecule has 1 aromatic rings. The maximum absolute atomic E-state index is 12.8. The van der Waals surface area contributed by atoms with Crippen molar-refractivity contribution in [3.8, 4) is 0 Å². The molecule has 3 rings (SSSR count). The maximum Gasteiger partial charge on any atom is 0.311 e. The molecule has 0 aliphatic carbocycles. The van der Waals surface area contributed by atoms with Gasteiger partial charge in [-0.05, 0) is 38.8 Å². The highest BCUT2D eigenvalue weighted by molar-refractivity contribution is 5.84. The van der Waals surface area contributed by atoms with Crippen LogP contribution in [0.25, 0.3) is 0 Å². The van der Waals surface area contributed by atoms with Gasteiger partial charge in [0.25, 0.3) is 0 Å². The Bertz CT molecular complexity index is 603. The van der Waals surface area contributed by atoms with Crippen LogP contribution in [0.2, 0.25) is 0 Å². The second-order valence-corrected chi connectivity index (χ2v) is 6.71. The summed E-state index contributed by atoms with van der Waals surface area (Å²) in [7, 11) is 0. The van der Waals surface area contributed by atoms with Crippen LogP contribution in [0.1, 0.15) is 44.7 Å². The second-order valence-electron chi connectivity index (χ2n) is 6.71. The average molecular weight is 345 g/mol. The lowest BCUT2D eigenvalue weighted by atomic mass is 9.83. The topological polar surface area (TPSA) is 55.8 Å². The van der Waals surface area contributed by atoms with Crippen molar-refractivity contribution in [3.05, 3.63) is 35.9 Å². The minimum atomic E-state index is -0.510. The van der Waals surface area contributed by atoms with E-state index in [-0.39, 0.29) is 24.0 Å². The molecule has 5 nitrogen and oxygen atoms in total. The number of rotatable bonds is 5. The molecule has 1 aromatic carbocycles. The third-order valence-electron chi connectivity index (χ3n) is 5.35. The second kappa shape index (κ2) is 8.00. The predicted molar refractivity (Wildman–Crippen MR) is 93.8 cm³/mol. The largest absolute Gasteiger partial charge is 0.466 e. The van der Waals surface area contributed by atoms with Gasteiger partial charge in [-0.25, -0.2) is 0 Å². The van der Waals surface area contributed by atoms with Gasteiger partial charge in [-0.15, -0.1) is 0 Å². The number of nitrogens with zero attached hydrogens (tertiary/aromatic N) is 1. The first-order valence-corrected chi connectivity index (χ1v) is 9.33. The molecule has 136 valence electrons.